The third-order valence-corrected chi connectivity index (χ3v) is 3.01. The standard InChI is InChI=1S/C14H15F2N3O2/c15-14(16)19-9-7-17-12(19)10-18(8-6-13(20)21)11-4-2-1-3-5-11/h1-5,7,9,14H,6,8,10H2,(H,20,21). The Bertz CT molecular complexity index is 587. The first-order valence-corrected chi connectivity index (χ1v) is 6.39. The summed E-state index contributed by atoms with van der Waals surface area (Å²) in [4.78, 5) is 16.4. The van der Waals surface area contributed by atoms with Gasteiger partial charge in [-0.3, -0.25) is 9.36 Å². The molecule has 0 saturated carbocycles. The molecule has 0 atom stereocenters. The van der Waals surface area contributed by atoms with E-state index in [0.717, 1.165) is 10.3 Å². The highest BCUT2D eigenvalue weighted by atomic mass is 19.3. The van der Waals surface area contributed by atoms with Crippen LogP contribution in [0.3, 0.4) is 0 Å². The minimum Gasteiger partial charge on any atom is -0.481 e. The van der Waals surface area contributed by atoms with Crippen LogP contribution in [0.2, 0.25) is 0 Å². The minimum absolute atomic E-state index is 0.0791. The van der Waals surface area contributed by atoms with Gasteiger partial charge in [-0.05, 0) is 12.1 Å². The highest BCUT2D eigenvalue weighted by Gasteiger charge is 2.16. The lowest BCUT2D eigenvalue weighted by molar-refractivity contribution is -0.136. The molecule has 1 N–H and O–H groups in total. The molecule has 0 radical (unpaired) electrons. The Labute approximate surface area is 120 Å². The molecular formula is C14H15F2N3O2. The maximum atomic E-state index is 12.8. The van der Waals surface area contributed by atoms with E-state index in [1.165, 1.54) is 12.4 Å². The fraction of sp³-hybridized carbons (Fsp3) is 0.286. The highest BCUT2D eigenvalue weighted by Crippen LogP contribution is 2.19. The largest absolute Gasteiger partial charge is 0.481 e. The van der Waals surface area contributed by atoms with Crippen molar-refractivity contribution in [1.29, 1.82) is 0 Å². The van der Waals surface area contributed by atoms with Crippen LogP contribution < -0.4 is 4.90 Å². The number of nitrogens with zero attached hydrogens (tertiary/aromatic N) is 3. The number of alkyl halides is 2. The summed E-state index contributed by atoms with van der Waals surface area (Å²) in [6.45, 7) is -2.33. The van der Waals surface area contributed by atoms with Crippen molar-refractivity contribution in [1.82, 2.24) is 9.55 Å². The fourth-order valence-electron chi connectivity index (χ4n) is 1.98. The topological polar surface area (TPSA) is 58.4 Å². The lowest BCUT2D eigenvalue weighted by Gasteiger charge is -2.24. The first-order valence-electron chi connectivity index (χ1n) is 6.39. The first kappa shape index (κ1) is 15.0. The van der Waals surface area contributed by atoms with Crippen molar-refractivity contribution in [3.63, 3.8) is 0 Å². The van der Waals surface area contributed by atoms with Gasteiger partial charge in [0.1, 0.15) is 5.82 Å². The molecule has 0 aliphatic heterocycles. The van der Waals surface area contributed by atoms with E-state index in [9.17, 15) is 13.6 Å². The Morgan fingerprint density at radius 3 is 2.67 bits per heavy atom. The Hall–Kier alpha value is -2.44. The van der Waals surface area contributed by atoms with Gasteiger partial charge in [0.25, 0.3) is 0 Å². The molecule has 0 bridgehead atoms. The molecule has 0 aliphatic rings. The van der Waals surface area contributed by atoms with Crippen LogP contribution in [0.4, 0.5) is 14.5 Å². The molecule has 0 aliphatic carbocycles. The van der Waals surface area contributed by atoms with Crippen LogP contribution >= 0.6 is 0 Å². The molecule has 2 rings (SSSR count). The number of hydrogen-bond donors (Lipinski definition) is 1. The molecule has 1 aromatic carbocycles. The van der Waals surface area contributed by atoms with Gasteiger partial charge in [-0.15, -0.1) is 0 Å². The summed E-state index contributed by atoms with van der Waals surface area (Å²) >= 11 is 0. The molecule has 21 heavy (non-hydrogen) atoms. The summed E-state index contributed by atoms with van der Waals surface area (Å²) in [5.41, 5.74) is 0.766. The Morgan fingerprint density at radius 2 is 2.05 bits per heavy atom. The first-order chi connectivity index (χ1) is 10.1. The van der Waals surface area contributed by atoms with E-state index in [2.05, 4.69) is 4.98 Å². The zero-order valence-electron chi connectivity index (χ0n) is 11.2. The van der Waals surface area contributed by atoms with Crippen molar-refractivity contribution in [2.75, 3.05) is 11.4 Å². The van der Waals surface area contributed by atoms with E-state index >= 15 is 0 Å². The smallest absolute Gasteiger partial charge is 0.319 e. The average molecular weight is 295 g/mol. The normalized spacial score (nSPS) is 10.8. The van der Waals surface area contributed by atoms with Crippen molar-refractivity contribution < 1.29 is 18.7 Å². The number of carboxylic acid groups (broad SMARTS) is 1. The zero-order valence-corrected chi connectivity index (χ0v) is 11.2. The molecule has 0 saturated heterocycles. The molecule has 0 spiro atoms. The van der Waals surface area contributed by atoms with Crippen molar-refractivity contribution in [2.24, 2.45) is 0 Å². The highest BCUT2D eigenvalue weighted by molar-refractivity contribution is 5.67. The van der Waals surface area contributed by atoms with Crippen LogP contribution in [0.25, 0.3) is 0 Å². The SMILES string of the molecule is O=C(O)CCN(Cc1nccn1C(F)F)c1ccccc1. The summed E-state index contributed by atoms with van der Waals surface area (Å²) in [6.07, 6.45) is 2.44. The Morgan fingerprint density at radius 1 is 1.33 bits per heavy atom. The second-order valence-electron chi connectivity index (χ2n) is 4.43. The minimum atomic E-state index is -2.67. The molecular weight excluding hydrogens is 280 g/mol. The maximum Gasteiger partial charge on any atom is 0.319 e. The fourth-order valence-corrected chi connectivity index (χ4v) is 1.98. The molecule has 0 unspecified atom stereocenters. The molecule has 1 heterocycles. The second kappa shape index (κ2) is 6.83. The van der Waals surface area contributed by atoms with E-state index in [0.29, 0.717) is 0 Å². The lowest BCUT2D eigenvalue weighted by Crippen LogP contribution is -2.27. The van der Waals surface area contributed by atoms with Gasteiger partial charge in [0.15, 0.2) is 0 Å². The van der Waals surface area contributed by atoms with Gasteiger partial charge in [-0.25, -0.2) is 4.98 Å². The van der Waals surface area contributed by atoms with Crippen molar-refractivity contribution in [3.8, 4) is 0 Å². The molecule has 2 aromatic rings. The number of benzene rings is 1. The number of halogens is 2. The quantitative estimate of drug-likeness (QED) is 0.853. The number of carbonyl (C=O) groups is 1. The van der Waals surface area contributed by atoms with Crippen LogP contribution in [-0.2, 0) is 11.3 Å². The predicted octanol–water partition coefficient (Wildman–Crippen LogP) is 2.76. The monoisotopic (exact) mass is 295 g/mol. The number of aliphatic carboxylic acids is 1. The van der Waals surface area contributed by atoms with E-state index in [4.69, 9.17) is 5.11 Å². The molecule has 5 nitrogen and oxygen atoms in total. The number of imidazole rings is 1. The van der Waals surface area contributed by atoms with Gasteiger partial charge in [-0.1, -0.05) is 18.2 Å². The van der Waals surface area contributed by atoms with Crippen molar-refractivity contribution in [2.45, 2.75) is 19.5 Å². The third-order valence-electron chi connectivity index (χ3n) is 3.01. The molecule has 1 aromatic heterocycles. The molecule has 0 amide bonds. The van der Waals surface area contributed by atoms with Gasteiger partial charge in [-0.2, -0.15) is 8.78 Å². The van der Waals surface area contributed by atoms with Crippen LogP contribution in [-0.4, -0.2) is 27.2 Å². The average Bonchev–Trinajstić information content (AvgIpc) is 2.92. The van der Waals surface area contributed by atoms with E-state index < -0.39 is 12.5 Å². The second-order valence-corrected chi connectivity index (χ2v) is 4.43. The lowest BCUT2D eigenvalue weighted by atomic mass is 10.2. The number of aromatic nitrogens is 2. The van der Waals surface area contributed by atoms with Crippen LogP contribution in [0.5, 0.6) is 0 Å². The van der Waals surface area contributed by atoms with Gasteiger partial charge < -0.3 is 10.0 Å². The number of carboxylic acids is 1. The molecule has 112 valence electrons. The van der Waals surface area contributed by atoms with Gasteiger partial charge in [0.05, 0.1) is 13.0 Å². The predicted molar refractivity (Wildman–Crippen MR) is 73.2 cm³/mol. The van der Waals surface area contributed by atoms with Gasteiger partial charge >= 0.3 is 12.5 Å². The number of rotatable bonds is 7. The summed E-state index contributed by atoms with van der Waals surface area (Å²) in [5.74, 6) is -0.743. The maximum absolute atomic E-state index is 12.8. The van der Waals surface area contributed by atoms with Crippen LogP contribution in [0.1, 0.15) is 18.8 Å². The summed E-state index contributed by atoms with van der Waals surface area (Å²) < 4.78 is 26.5. The third kappa shape index (κ3) is 4.01. The summed E-state index contributed by atoms with van der Waals surface area (Å²) in [6, 6.07) is 9.05. The van der Waals surface area contributed by atoms with E-state index in [1.807, 2.05) is 18.2 Å². The Kier molecular flexibility index (Phi) is 4.86. The van der Waals surface area contributed by atoms with E-state index in [1.54, 1.807) is 17.0 Å². The molecule has 7 heteroatoms. The number of hydrogen-bond acceptors (Lipinski definition) is 3. The Balaban J connectivity index is 2.19. The van der Waals surface area contributed by atoms with Crippen LogP contribution in [0.15, 0.2) is 42.7 Å². The molecule has 0 fully saturated rings. The summed E-state index contributed by atoms with van der Waals surface area (Å²) in [7, 11) is 0. The van der Waals surface area contributed by atoms with Gasteiger partial charge in [0.2, 0.25) is 0 Å². The number of anilines is 1. The zero-order chi connectivity index (χ0) is 15.2. The summed E-state index contributed by atoms with van der Waals surface area (Å²) in [5, 5.41) is 8.81. The van der Waals surface area contributed by atoms with Crippen LogP contribution in [0, 0.1) is 0 Å². The number of para-hydroxylation sites is 1. The van der Waals surface area contributed by atoms with Gasteiger partial charge in [0, 0.05) is 24.6 Å². The van der Waals surface area contributed by atoms with E-state index in [-0.39, 0.29) is 25.3 Å². The van der Waals surface area contributed by atoms with Crippen molar-refractivity contribution >= 4 is 11.7 Å². The van der Waals surface area contributed by atoms with Crippen molar-refractivity contribution in [3.05, 3.63) is 48.5 Å².